The first-order chi connectivity index (χ1) is 7.72. The third-order valence-corrected chi connectivity index (χ3v) is 4.72. The van der Waals surface area contributed by atoms with Gasteiger partial charge in [-0.25, -0.2) is 0 Å². The summed E-state index contributed by atoms with van der Waals surface area (Å²) in [5, 5.41) is 2.17. The number of thiophene rings is 1. The molecule has 0 aliphatic carbocycles. The number of hydrogen-bond acceptors (Lipinski definition) is 3. The van der Waals surface area contributed by atoms with E-state index in [0.717, 1.165) is 6.54 Å². The predicted octanol–water partition coefficient (Wildman–Crippen LogP) is 2.87. The highest BCUT2D eigenvalue weighted by Crippen LogP contribution is 2.31. The quantitative estimate of drug-likeness (QED) is 0.877. The highest BCUT2D eigenvalue weighted by atomic mass is 32.1. The Bertz CT molecular complexity index is 310. The van der Waals surface area contributed by atoms with Crippen LogP contribution in [0.1, 0.15) is 37.6 Å². The summed E-state index contributed by atoms with van der Waals surface area (Å²) in [6, 6.07) is 5.33. The first-order valence-electron chi connectivity index (χ1n) is 6.25. The van der Waals surface area contributed by atoms with Gasteiger partial charge < -0.3 is 5.73 Å². The Morgan fingerprint density at radius 1 is 1.62 bits per heavy atom. The molecule has 1 aromatic rings. The van der Waals surface area contributed by atoms with E-state index in [0.29, 0.717) is 18.0 Å². The molecule has 0 spiro atoms. The van der Waals surface area contributed by atoms with Gasteiger partial charge in [-0.15, -0.1) is 11.3 Å². The van der Waals surface area contributed by atoms with Crippen LogP contribution in [0.2, 0.25) is 0 Å². The Labute approximate surface area is 102 Å². The summed E-state index contributed by atoms with van der Waals surface area (Å²) in [4.78, 5) is 4.06. The molecule has 3 unspecified atom stereocenters. The van der Waals surface area contributed by atoms with E-state index in [1.807, 2.05) is 11.3 Å². The summed E-state index contributed by atoms with van der Waals surface area (Å²) < 4.78 is 0. The third kappa shape index (κ3) is 2.47. The van der Waals surface area contributed by atoms with Gasteiger partial charge in [-0.3, -0.25) is 4.90 Å². The number of nitrogens with two attached hydrogens (primary N) is 1. The van der Waals surface area contributed by atoms with Gasteiger partial charge in [0.2, 0.25) is 0 Å². The first kappa shape index (κ1) is 12.1. The number of rotatable bonds is 3. The molecule has 2 nitrogen and oxygen atoms in total. The minimum atomic E-state index is 0.350. The molecule has 1 aromatic heterocycles. The third-order valence-electron chi connectivity index (χ3n) is 3.75. The van der Waals surface area contributed by atoms with Crippen LogP contribution < -0.4 is 5.73 Å². The van der Waals surface area contributed by atoms with Crippen molar-refractivity contribution in [3.05, 3.63) is 22.4 Å². The normalized spacial score (nSPS) is 29.2. The summed E-state index contributed by atoms with van der Waals surface area (Å²) in [5.74, 6) is 0.678. The van der Waals surface area contributed by atoms with Gasteiger partial charge in [0.1, 0.15) is 0 Å². The fraction of sp³-hybridized carbons (Fsp3) is 0.692. The van der Waals surface area contributed by atoms with Crippen LogP contribution in [0.25, 0.3) is 0 Å². The van der Waals surface area contributed by atoms with E-state index >= 15 is 0 Å². The second kappa shape index (κ2) is 5.30. The van der Waals surface area contributed by atoms with Gasteiger partial charge in [0, 0.05) is 23.5 Å². The lowest BCUT2D eigenvalue weighted by Gasteiger charge is -2.39. The van der Waals surface area contributed by atoms with Gasteiger partial charge in [-0.2, -0.15) is 0 Å². The van der Waals surface area contributed by atoms with E-state index in [4.69, 9.17) is 5.73 Å². The average molecular weight is 238 g/mol. The minimum Gasteiger partial charge on any atom is -0.326 e. The van der Waals surface area contributed by atoms with E-state index in [2.05, 4.69) is 36.3 Å². The fourth-order valence-electron chi connectivity index (χ4n) is 2.53. The van der Waals surface area contributed by atoms with Crippen LogP contribution in [-0.4, -0.2) is 24.0 Å². The molecule has 1 fully saturated rings. The standard InChI is InChI=1S/C13H22N2S/c1-3-12(13-5-4-8-16-13)15-7-6-10(2)11(14)9-15/h4-5,8,10-12H,3,6-7,9,14H2,1-2H3. The predicted molar refractivity (Wildman–Crippen MR) is 70.7 cm³/mol. The maximum absolute atomic E-state index is 6.18. The molecule has 3 atom stereocenters. The van der Waals surface area contributed by atoms with Crippen LogP contribution in [0.15, 0.2) is 17.5 Å². The molecular weight excluding hydrogens is 216 g/mol. The average Bonchev–Trinajstić information content (AvgIpc) is 2.78. The molecule has 2 heterocycles. The largest absolute Gasteiger partial charge is 0.326 e. The van der Waals surface area contributed by atoms with Crippen molar-refractivity contribution >= 4 is 11.3 Å². The molecule has 2 rings (SSSR count). The Kier molecular flexibility index (Phi) is 4.00. The molecule has 1 aliphatic heterocycles. The van der Waals surface area contributed by atoms with Gasteiger partial charge in [0.05, 0.1) is 0 Å². The van der Waals surface area contributed by atoms with Crippen molar-refractivity contribution in [1.82, 2.24) is 4.90 Å². The van der Waals surface area contributed by atoms with Gasteiger partial charge in [-0.05, 0) is 36.8 Å². The van der Waals surface area contributed by atoms with Crippen molar-refractivity contribution < 1.29 is 0 Å². The van der Waals surface area contributed by atoms with Crippen molar-refractivity contribution in [2.24, 2.45) is 11.7 Å². The van der Waals surface area contributed by atoms with Crippen molar-refractivity contribution in [3.63, 3.8) is 0 Å². The molecule has 0 radical (unpaired) electrons. The van der Waals surface area contributed by atoms with Crippen molar-refractivity contribution in [1.29, 1.82) is 0 Å². The van der Waals surface area contributed by atoms with Crippen LogP contribution in [-0.2, 0) is 0 Å². The zero-order valence-electron chi connectivity index (χ0n) is 10.2. The Hall–Kier alpha value is -0.380. The zero-order chi connectivity index (χ0) is 11.5. The van der Waals surface area contributed by atoms with Crippen molar-refractivity contribution in [2.45, 2.75) is 38.8 Å². The smallest absolute Gasteiger partial charge is 0.0439 e. The lowest BCUT2D eigenvalue weighted by molar-refractivity contribution is 0.119. The van der Waals surface area contributed by atoms with Crippen LogP contribution in [0.4, 0.5) is 0 Å². The highest BCUT2D eigenvalue weighted by Gasteiger charge is 2.28. The second-order valence-corrected chi connectivity index (χ2v) is 5.84. The lowest BCUT2D eigenvalue weighted by atomic mass is 9.92. The zero-order valence-corrected chi connectivity index (χ0v) is 11.0. The molecule has 1 saturated heterocycles. The Balaban J connectivity index is 2.05. The van der Waals surface area contributed by atoms with Crippen LogP contribution in [0, 0.1) is 5.92 Å². The molecule has 0 saturated carbocycles. The SMILES string of the molecule is CCC(c1cccs1)N1CCC(C)C(N)C1. The van der Waals surface area contributed by atoms with Gasteiger partial charge in [0.25, 0.3) is 0 Å². The van der Waals surface area contributed by atoms with E-state index in [1.165, 1.54) is 24.3 Å². The maximum Gasteiger partial charge on any atom is 0.0439 e. The fourth-order valence-corrected chi connectivity index (χ4v) is 3.47. The maximum atomic E-state index is 6.18. The number of likely N-dealkylation sites (tertiary alicyclic amines) is 1. The highest BCUT2D eigenvalue weighted by molar-refractivity contribution is 7.10. The molecular formula is C13H22N2S. The monoisotopic (exact) mass is 238 g/mol. The summed E-state index contributed by atoms with van der Waals surface area (Å²) in [7, 11) is 0. The number of hydrogen-bond donors (Lipinski definition) is 1. The van der Waals surface area contributed by atoms with E-state index in [1.54, 1.807) is 0 Å². The molecule has 2 N–H and O–H groups in total. The van der Waals surface area contributed by atoms with Crippen LogP contribution >= 0.6 is 11.3 Å². The van der Waals surface area contributed by atoms with E-state index in [-0.39, 0.29) is 0 Å². The second-order valence-electron chi connectivity index (χ2n) is 4.86. The van der Waals surface area contributed by atoms with Gasteiger partial charge in [-0.1, -0.05) is 19.9 Å². The molecule has 90 valence electrons. The van der Waals surface area contributed by atoms with Crippen LogP contribution in [0.3, 0.4) is 0 Å². The molecule has 0 bridgehead atoms. The van der Waals surface area contributed by atoms with E-state index in [9.17, 15) is 0 Å². The van der Waals surface area contributed by atoms with Gasteiger partial charge in [0.15, 0.2) is 0 Å². The summed E-state index contributed by atoms with van der Waals surface area (Å²) in [6.07, 6.45) is 2.42. The lowest BCUT2D eigenvalue weighted by Crippen LogP contribution is -2.48. The van der Waals surface area contributed by atoms with Crippen molar-refractivity contribution in [2.75, 3.05) is 13.1 Å². The topological polar surface area (TPSA) is 29.3 Å². The molecule has 0 aromatic carbocycles. The van der Waals surface area contributed by atoms with Crippen LogP contribution in [0.5, 0.6) is 0 Å². The van der Waals surface area contributed by atoms with Gasteiger partial charge >= 0.3 is 0 Å². The molecule has 1 aliphatic rings. The molecule has 0 amide bonds. The first-order valence-corrected chi connectivity index (χ1v) is 7.13. The molecule has 3 heteroatoms. The summed E-state index contributed by atoms with van der Waals surface area (Å²) in [6.45, 7) is 6.80. The molecule has 16 heavy (non-hydrogen) atoms. The number of piperidine rings is 1. The Morgan fingerprint density at radius 2 is 2.44 bits per heavy atom. The summed E-state index contributed by atoms with van der Waals surface area (Å²) >= 11 is 1.87. The summed E-state index contributed by atoms with van der Waals surface area (Å²) in [5.41, 5.74) is 6.18. The van der Waals surface area contributed by atoms with Crippen molar-refractivity contribution in [3.8, 4) is 0 Å². The minimum absolute atomic E-state index is 0.350. The van der Waals surface area contributed by atoms with E-state index < -0.39 is 0 Å². The number of nitrogens with zero attached hydrogens (tertiary/aromatic N) is 1. The Morgan fingerprint density at radius 3 is 3.00 bits per heavy atom.